The van der Waals surface area contributed by atoms with E-state index in [1.54, 1.807) is 0 Å². The molecule has 0 saturated heterocycles. The van der Waals surface area contributed by atoms with Gasteiger partial charge in [-0.3, -0.25) is 4.79 Å². The molecule has 0 aromatic heterocycles. The van der Waals surface area contributed by atoms with E-state index in [9.17, 15) is 4.79 Å². The quantitative estimate of drug-likeness (QED) is 0.701. The van der Waals surface area contributed by atoms with Crippen LogP contribution in [0.1, 0.15) is 40.5 Å². The highest BCUT2D eigenvalue weighted by Gasteiger charge is 2.60. The first-order valence-corrected chi connectivity index (χ1v) is 5.37. The first-order chi connectivity index (χ1) is 6.45. The number of hydrogen-bond acceptors (Lipinski definition) is 1. The fraction of sp³-hybridized carbons (Fsp3) is 0.750. The van der Waals surface area contributed by atoms with E-state index in [0.29, 0.717) is 0 Å². The molecule has 0 amide bonds. The molecule has 1 aliphatic rings. The molecule has 0 aliphatic heterocycles. The standard InChI is InChI=1S/C12H20O2/c1-5-8(6-2)7-9-10(11(13)14)12(9,3)4/h7,9-10H,5-6H2,1-4H3,(H,13,14). The molecule has 2 unspecified atom stereocenters. The van der Waals surface area contributed by atoms with Crippen LogP contribution in [0.4, 0.5) is 0 Å². The third-order valence-corrected chi connectivity index (χ3v) is 3.50. The van der Waals surface area contributed by atoms with Crippen LogP contribution >= 0.6 is 0 Å². The van der Waals surface area contributed by atoms with Gasteiger partial charge in [0.05, 0.1) is 5.92 Å². The summed E-state index contributed by atoms with van der Waals surface area (Å²) in [6.45, 7) is 8.33. The Morgan fingerprint density at radius 2 is 1.86 bits per heavy atom. The maximum atomic E-state index is 10.9. The molecule has 1 aliphatic carbocycles. The van der Waals surface area contributed by atoms with E-state index in [-0.39, 0.29) is 17.3 Å². The highest BCUT2D eigenvalue weighted by atomic mass is 16.4. The van der Waals surface area contributed by atoms with Gasteiger partial charge in [-0.05, 0) is 24.2 Å². The Bertz CT molecular complexity index is 257. The number of carboxylic acid groups (broad SMARTS) is 1. The minimum absolute atomic E-state index is 0.0403. The fourth-order valence-electron chi connectivity index (χ4n) is 2.20. The van der Waals surface area contributed by atoms with Crippen molar-refractivity contribution in [3.05, 3.63) is 11.6 Å². The van der Waals surface area contributed by atoms with Crippen LogP contribution in [-0.4, -0.2) is 11.1 Å². The second-order valence-corrected chi connectivity index (χ2v) is 4.70. The third-order valence-electron chi connectivity index (χ3n) is 3.50. The molecule has 0 bridgehead atoms. The molecule has 1 saturated carbocycles. The van der Waals surface area contributed by atoms with E-state index in [4.69, 9.17) is 5.11 Å². The Hall–Kier alpha value is -0.790. The van der Waals surface area contributed by atoms with E-state index in [1.807, 2.05) is 13.8 Å². The van der Waals surface area contributed by atoms with Crippen molar-refractivity contribution in [1.29, 1.82) is 0 Å². The normalized spacial score (nSPS) is 28.3. The summed E-state index contributed by atoms with van der Waals surface area (Å²) in [5.41, 5.74) is 1.34. The maximum Gasteiger partial charge on any atom is 0.307 e. The molecule has 14 heavy (non-hydrogen) atoms. The second kappa shape index (κ2) is 3.76. The number of carbonyl (C=O) groups is 1. The molecule has 0 heterocycles. The Kier molecular flexibility index (Phi) is 3.03. The molecule has 80 valence electrons. The summed E-state index contributed by atoms with van der Waals surface area (Å²) in [4.78, 5) is 10.9. The lowest BCUT2D eigenvalue weighted by Gasteiger charge is -2.01. The molecule has 0 aromatic rings. The Balaban J connectivity index is 2.74. The molecule has 2 heteroatoms. The van der Waals surface area contributed by atoms with Gasteiger partial charge >= 0.3 is 5.97 Å². The molecule has 1 N–H and O–H groups in total. The van der Waals surface area contributed by atoms with Gasteiger partial charge in [0.2, 0.25) is 0 Å². The summed E-state index contributed by atoms with van der Waals surface area (Å²) in [6.07, 6.45) is 4.25. The molecule has 2 nitrogen and oxygen atoms in total. The van der Waals surface area contributed by atoms with Crippen molar-refractivity contribution >= 4 is 5.97 Å². The van der Waals surface area contributed by atoms with Crippen molar-refractivity contribution in [2.45, 2.75) is 40.5 Å². The van der Waals surface area contributed by atoms with Crippen LogP contribution in [0, 0.1) is 17.3 Å². The van der Waals surface area contributed by atoms with Crippen LogP contribution in [0.3, 0.4) is 0 Å². The number of allylic oxidation sites excluding steroid dienone is 2. The molecule has 0 spiro atoms. The number of aliphatic carboxylic acids is 1. The van der Waals surface area contributed by atoms with Crippen LogP contribution in [0.25, 0.3) is 0 Å². The van der Waals surface area contributed by atoms with Crippen LogP contribution < -0.4 is 0 Å². The SMILES string of the molecule is CCC(=CC1C(C(=O)O)C1(C)C)CC. The largest absolute Gasteiger partial charge is 0.481 e. The van der Waals surface area contributed by atoms with E-state index >= 15 is 0 Å². The summed E-state index contributed by atoms with van der Waals surface area (Å²) in [7, 11) is 0. The zero-order chi connectivity index (χ0) is 10.9. The van der Waals surface area contributed by atoms with Gasteiger partial charge in [-0.1, -0.05) is 39.3 Å². The molecule has 1 rings (SSSR count). The topological polar surface area (TPSA) is 37.3 Å². The smallest absolute Gasteiger partial charge is 0.307 e. The second-order valence-electron chi connectivity index (χ2n) is 4.70. The average molecular weight is 196 g/mol. The lowest BCUT2D eigenvalue weighted by atomic mass is 10.0. The number of hydrogen-bond donors (Lipinski definition) is 1. The van der Waals surface area contributed by atoms with Crippen molar-refractivity contribution in [1.82, 2.24) is 0 Å². The van der Waals surface area contributed by atoms with Crippen molar-refractivity contribution in [3.8, 4) is 0 Å². The molecule has 2 atom stereocenters. The molecular formula is C12H20O2. The minimum Gasteiger partial charge on any atom is -0.481 e. The van der Waals surface area contributed by atoms with Crippen molar-refractivity contribution in [3.63, 3.8) is 0 Å². The van der Waals surface area contributed by atoms with Crippen LogP contribution in [-0.2, 0) is 4.79 Å². The van der Waals surface area contributed by atoms with Crippen LogP contribution in [0.2, 0.25) is 0 Å². The first kappa shape index (κ1) is 11.3. The lowest BCUT2D eigenvalue weighted by Crippen LogP contribution is -2.03. The monoisotopic (exact) mass is 196 g/mol. The minimum atomic E-state index is -0.650. The van der Waals surface area contributed by atoms with Gasteiger partial charge in [-0.2, -0.15) is 0 Å². The Morgan fingerprint density at radius 3 is 2.14 bits per heavy atom. The third kappa shape index (κ3) is 1.84. The molecule has 1 fully saturated rings. The maximum absolute atomic E-state index is 10.9. The number of carboxylic acids is 1. The summed E-state index contributed by atoms with van der Waals surface area (Å²) in [6, 6.07) is 0. The highest BCUT2D eigenvalue weighted by Crippen LogP contribution is 2.59. The van der Waals surface area contributed by atoms with Crippen molar-refractivity contribution < 1.29 is 9.90 Å². The zero-order valence-corrected chi connectivity index (χ0v) is 9.50. The lowest BCUT2D eigenvalue weighted by molar-refractivity contribution is -0.139. The van der Waals surface area contributed by atoms with Crippen molar-refractivity contribution in [2.75, 3.05) is 0 Å². The fourth-order valence-corrected chi connectivity index (χ4v) is 2.20. The Morgan fingerprint density at radius 1 is 1.36 bits per heavy atom. The number of rotatable bonds is 4. The average Bonchev–Trinajstić information content (AvgIpc) is 2.63. The van der Waals surface area contributed by atoms with Gasteiger partial charge in [0.15, 0.2) is 0 Å². The van der Waals surface area contributed by atoms with Gasteiger partial charge in [-0.25, -0.2) is 0 Å². The summed E-state index contributed by atoms with van der Waals surface area (Å²) < 4.78 is 0. The van der Waals surface area contributed by atoms with Gasteiger partial charge in [-0.15, -0.1) is 0 Å². The van der Waals surface area contributed by atoms with E-state index in [1.165, 1.54) is 5.57 Å². The predicted molar refractivity (Wildman–Crippen MR) is 57.1 cm³/mol. The highest BCUT2D eigenvalue weighted by molar-refractivity contribution is 5.76. The van der Waals surface area contributed by atoms with E-state index in [2.05, 4.69) is 19.9 Å². The zero-order valence-electron chi connectivity index (χ0n) is 9.50. The van der Waals surface area contributed by atoms with Gasteiger partial charge in [0, 0.05) is 0 Å². The van der Waals surface area contributed by atoms with E-state index in [0.717, 1.165) is 12.8 Å². The summed E-state index contributed by atoms with van der Waals surface area (Å²) in [5, 5.41) is 8.99. The van der Waals surface area contributed by atoms with Crippen LogP contribution in [0.5, 0.6) is 0 Å². The van der Waals surface area contributed by atoms with Gasteiger partial charge < -0.3 is 5.11 Å². The molecular weight excluding hydrogens is 176 g/mol. The Labute approximate surface area is 86.0 Å². The van der Waals surface area contributed by atoms with Crippen molar-refractivity contribution in [2.24, 2.45) is 17.3 Å². The van der Waals surface area contributed by atoms with Gasteiger partial charge in [0.25, 0.3) is 0 Å². The predicted octanol–water partition coefficient (Wildman–Crippen LogP) is 3.09. The summed E-state index contributed by atoms with van der Waals surface area (Å²) >= 11 is 0. The molecule has 0 radical (unpaired) electrons. The first-order valence-electron chi connectivity index (χ1n) is 5.37. The van der Waals surface area contributed by atoms with Crippen LogP contribution in [0.15, 0.2) is 11.6 Å². The van der Waals surface area contributed by atoms with E-state index < -0.39 is 5.97 Å². The van der Waals surface area contributed by atoms with Gasteiger partial charge in [0.1, 0.15) is 0 Å². The summed E-state index contributed by atoms with van der Waals surface area (Å²) in [5.74, 6) is -0.576. The molecule has 0 aromatic carbocycles.